The van der Waals surface area contributed by atoms with Crippen LogP contribution in [-0.2, 0) is 22.6 Å². The summed E-state index contributed by atoms with van der Waals surface area (Å²) in [5.41, 5.74) is 6.47. The smallest absolute Gasteiger partial charge is 0.184 e. The molecule has 0 aliphatic carbocycles. The molecule has 0 aliphatic rings. The molecule has 1 aromatic carbocycles. The minimum atomic E-state index is -3.67. The van der Waals surface area contributed by atoms with Gasteiger partial charge in [0, 0.05) is 7.05 Å². The average Bonchev–Trinajstić information content (AvgIpc) is 2.59. The van der Waals surface area contributed by atoms with Gasteiger partial charge in [0.05, 0.1) is 32.2 Å². The summed E-state index contributed by atoms with van der Waals surface area (Å²) in [4.78, 5) is -0.102. The summed E-state index contributed by atoms with van der Waals surface area (Å²) in [6, 6.07) is 3.47. The molecule has 0 atom stereocenters. The Morgan fingerprint density at radius 1 is 1.45 bits per heavy atom. The van der Waals surface area contributed by atoms with Crippen molar-refractivity contribution >= 4 is 31.5 Å². The Morgan fingerprint density at radius 2 is 2.10 bits per heavy atom. The van der Waals surface area contributed by atoms with Gasteiger partial charge in [-0.1, -0.05) is 0 Å². The molecular weight excluding hydrogens is 349 g/mol. The Labute approximate surface area is 124 Å². The molecule has 0 saturated heterocycles. The van der Waals surface area contributed by atoms with Crippen LogP contribution in [0.5, 0.6) is 0 Å². The summed E-state index contributed by atoms with van der Waals surface area (Å²) in [6.45, 7) is 1.77. The van der Waals surface area contributed by atoms with Crippen LogP contribution in [0.3, 0.4) is 0 Å². The number of halogens is 2. The number of sulfone groups is 1. The number of hydrogen-bond acceptors (Lipinski definition) is 4. The third-order valence-corrected chi connectivity index (χ3v) is 5.58. The molecule has 0 saturated carbocycles. The van der Waals surface area contributed by atoms with E-state index in [0.717, 1.165) is 6.07 Å². The van der Waals surface area contributed by atoms with Crippen LogP contribution in [0.4, 0.5) is 10.1 Å². The Morgan fingerprint density at radius 3 is 2.60 bits per heavy atom. The molecule has 0 radical (unpaired) electrons. The number of nitrogen functional groups attached to an aromatic ring is 1. The number of nitrogens with zero attached hydrogens (tertiary/aromatic N) is 2. The molecule has 2 rings (SSSR count). The fourth-order valence-electron chi connectivity index (χ4n) is 1.80. The van der Waals surface area contributed by atoms with E-state index >= 15 is 0 Å². The van der Waals surface area contributed by atoms with Gasteiger partial charge in [-0.2, -0.15) is 5.10 Å². The number of benzene rings is 1. The lowest BCUT2D eigenvalue weighted by Gasteiger charge is -2.07. The van der Waals surface area contributed by atoms with Crippen LogP contribution >= 0.6 is 15.9 Å². The van der Waals surface area contributed by atoms with Crippen LogP contribution in [0.2, 0.25) is 0 Å². The summed E-state index contributed by atoms with van der Waals surface area (Å²) in [5, 5.41) is 4.13. The minimum Gasteiger partial charge on any atom is -0.396 e. The summed E-state index contributed by atoms with van der Waals surface area (Å²) < 4.78 is 40.1. The largest absolute Gasteiger partial charge is 0.396 e. The summed E-state index contributed by atoms with van der Waals surface area (Å²) in [5.74, 6) is -1.01. The van der Waals surface area contributed by atoms with E-state index in [1.165, 1.54) is 16.8 Å². The van der Waals surface area contributed by atoms with E-state index in [9.17, 15) is 12.8 Å². The number of aryl methyl sites for hydroxylation is 2. The standard InChI is InChI=1S/C12H13BrFN3O2S/c1-7-12(13)11(17(2)16-7)6-20(18,19)8-3-4-10(15)9(14)5-8/h3-5H,6,15H2,1-2H3. The van der Waals surface area contributed by atoms with Crippen LogP contribution in [0.15, 0.2) is 27.6 Å². The molecule has 8 heteroatoms. The van der Waals surface area contributed by atoms with E-state index in [2.05, 4.69) is 21.0 Å². The van der Waals surface area contributed by atoms with E-state index in [1.807, 2.05) is 0 Å². The van der Waals surface area contributed by atoms with Gasteiger partial charge in [0.1, 0.15) is 5.82 Å². The number of hydrogen-bond donors (Lipinski definition) is 1. The number of aromatic nitrogens is 2. The molecule has 0 bridgehead atoms. The maximum atomic E-state index is 13.4. The van der Waals surface area contributed by atoms with Crippen molar-refractivity contribution in [2.24, 2.45) is 7.05 Å². The van der Waals surface area contributed by atoms with Crippen LogP contribution < -0.4 is 5.73 Å². The molecule has 2 aromatic rings. The molecule has 5 nitrogen and oxygen atoms in total. The molecule has 0 aliphatic heterocycles. The SMILES string of the molecule is Cc1nn(C)c(CS(=O)(=O)c2ccc(N)c(F)c2)c1Br. The highest BCUT2D eigenvalue weighted by Gasteiger charge is 2.22. The van der Waals surface area contributed by atoms with Crippen molar-refractivity contribution in [3.05, 3.63) is 39.9 Å². The highest BCUT2D eigenvalue weighted by Crippen LogP contribution is 2.26. The second-order valence-corrected chi connectivity index (χ2v) is 7.19. The fourth-order valence-corrected chi connectivity index (χ4v) is 3.88. The second-order valence-electron chi connectivity index (χ2n) is 4.41. The van der Waals surface area contributed by atoms with E-state index in [4.69, 9.17) is 5.73 Å². The van der Waals surface area contributed by atoms with Gasteiger partial charge in [0.25, 0.3) is 0 Å². The zero-order valence-corrected chi connectivity index (χ0v) is 13.3. The molecular formula is C12H13BrFN3O2S. The van der Waals surface area contributed by atoms with Gasteiger partial charge in [-0.3, -0.25) is 4.68 Å². The zero-order chi connectivity index (χ0) is 15.1. The maximum absolute atomic E-state index is 13.4. The molecule has 2 N–H and O–H groups in total. The van der Waals surface area contributed by atoms with Crippen LogP contribution in [-0.4, -0.2) is 18.2 Å². The second kappa shape index (κ2) is 5.17. The van der Waals surface area contributed by atoms with Gasteiger partial charge in [-0.05, 0) is 41.1 Å². The van der Waals surface area contributed by atoms with Crippen LogP contribution in [0.1, 0.15) is 11.4 Å². The lowest BCUT2D eigenvalue weighted by Crippen LogP contribution is -2.10. The summed E-state index contributed by atoms with van der Waals surface area (Å²) in [7, 11) is -2.01. The Bertz CT molecular complexity index is 771. The topological polar surface area (TPSA) is 78.0 Å². The lowest BCUT2D eigenvalue weighted by atomic mass is 10.3. The van der Waals surface area contributed by atoms with Gasteiger partial charge < -0.3 is 5.73 Å². The maximum Gasteiger partial charge on any atom is 0.184 e. The van der Waals surface area contributed by atoms with Gasteiger partial charge in [-0.25, -0.2) is 12.8 Å². The van der Waals surface area contributed by atoms with E-state index in [-0.39, 0.29) is 16.3 Å². The Balaban J connectivity index is 2.43. The first-order chi connectivity index (χ1) is 9.22. The van der Waals surface area contributed by atoms with Crippen molar-refractivity contribution in [1.29, 1.82) is 0 Å². The van der Waals surface area contributed by atoms with E-state index in [1.54, 1.807) is 14.0 Å². The highest BCUT2D eigenvalue weighted by molar-refractivity contribution is 9.10. The number of anilines is 1. The normalized spacial score (nSPS) is 11.8. The third-order valence-electron chi connectivity index (χ3n) is 2.92. The van der Waals surface area contributed by atoms with Crippen molar-refractivity contribution in [3.8, 4) is 0 Å². The Kier molecular flexibility index (Phi) is 3.88. The summed E-state index contributed by atoms with van der Waals surface area (Å²) >= 11 is 3.31. The first-order valence-electron chi connectivity index (χ1n) is 5.68. The third kappa shape index (κ3) is 2.71. The van der Waals surface area contributed by atoms with Gasteiger partial charge in [0.2, 0.25) is 0 Å². The zero-order valence-electron chi connectivity index (χ0n) is 10.9. The van der Waals surface area contributed by atoms with Crippen molar-refractivity contribution < 1.29 is 12.8 Å². The molecule has 0 amide bonds. The quantitative estimate of drug-likeness (QED) is 0.849. The first kappa shape index (κ1) is 15.0. The van der Waals surface area contributed by atoms with E-state index in [0.29, 0.717) is 15.9 Å². The lowest BCUT2D eigenvalue weighted by molar-refractivity contribution is 0.587. The van der Waals surface area contributed by atoms with Gasteiger partial charge in [0.15, 0.2) is 9.84 Å². The molecule has 0 unspecified atom stereocenters. The predicted molar refractivity (Wildman–Crippen MR) is 77.3 cm³/mol. The molecule has 108 valence electrons. The predicted octanol–water partition coefficient (Wildman–Crippen LogP) is 2.19. The molecule has 1 aromatic heterocycles. The van der Waals surface area contributed by atoms with Crippen molar-refractivity contribution in [3.63, 3.8) is 0 Å². The minimum absolute atomic E-state index is 0.0819. The number of rotatable bonds is 3. The monoisotopic (exact) mass is 361 g/mol. The highest BCUT2D eigenvalue weighted by atomic mass is 79.9. The van der Waals surface area contributed by atoms with Gasteiger partial charge in [-0.15, -0.1) is 0 Å². The fraction of sp³-hybridized carbons (Fsp3) is 0.250. The average molecular weight is 362 g/mol. The first-order valence-corrected chi connectivity index (χ1v) is 8.12. The number of nitrogens with two attached hydrogens (primary N) is 1. The van der Waals surface area contributed by atoms with Crippen molar-refractivity contribution in [1.82, 2.24) is 9.78 Å². The molecule has 0 spiro atoms. The molecule has 1 heterocycles. The summed E-state index contributed by atoms with van der Waals surface area (Å²) in [6.07, 6.45) is 0. The van der Waals surface area contributed by atoms with Gasteiger partial charge >= 0.3 is 0 Å². The van der Waals surface area contributed by atoms with Crippen LogP contribution in [0, 0.1) is 12.7 Å². The molecule has 20 heavy (non-hydrogen) atoms. The van der Waals surface area contributed by atoms with E-state index < -0.39 is 15.7 Å². The van der Waals surface area contributed by atoms with Crippen molar-refractivity contribution in [2.45, 2.75) is 17.6 Å². The van der Waals surface area contributed by atoms with Crippen molar-refractivity contribution in [2.75, 3.05) is 5.73 Å². The molecule has 0 fully saturated rings. The Hall–Kier alpha value is -1.41. The van der Waals surface area contributed by atoms with Crippen LogP contribution in [0.25, 0.3) is 0 Å².